The van der Waals surface area contributed by atoms with Crippen LogP contribution >= 0.6 is 0 Å². The highest BCUT2D eigenvalue weighted by atomic mass is 16.6. The predicted octanol–water partition coefficient (Wildman–Crippen LogP) is 2.07. The van der Waals surface area contributed by atoms with Crippen molar-refractivity contribution in [2.45, 2.75) is 13.3 Å². The van der Waals surface area contributed by atoms with Gasteiger partial charge in [-0.25, -0.2) is 0 Å². The molecule has 1 N–H and O–H groups in total. The lowest BCUT2D eigenvalue weighted by atomic mass is 10.1. The van der Waals surface area contributed by atoms with E-state index in [1.807, 2.05) is 0 Å². The van der Waals surface area contributed by atoms with Crippen molar-refractivity contribution in [3.8, 4) is 0 Å². The number of hydrogen-bond donors (Lipinski definition) is 1. The number of aryl methyl sites for hydroxylation is 1. The van der Waals surface area contributed by atoms with Crippen LogP contribution in [0.15, 0.2) is 42.5 Å². The summed E-state index contributed by atoms with van der Waals surface area (Å²) in [4.78, 5) is 59.6. The van der Waals surface area contributed by atoms with Crippen LogP contribution in [0, 0.1) is 17.0 Å². The Hall–Kier alpha value is -4.08. The number of nitrogens with zero attached hydrogens (tertiary/aromatic N) is 2. The van der Waals surface area contributed by atoms with Crippen molar-refractivity contribution in [3.05, 3.63) is 69.3 Å². The molecule has 0 atom stereocenters. The molecule has 0 spiro atoms. The summed E-state index contributed by atoms with van der Waals surface area (Å²) in [5, 5.41) is 13.3. The fourth-order valence-corrected chi connectivity index (χ4v) is 2.94. The fraction of sp³-hybridized carbons (Fsp3) is 0.200. The van der Waals surface area contributed by atoms with Gasteiger partial charge in [0.2, 0.25) is 0 Å². The first-order chi connectivity index (χ1) is 14.3. The van der Waals surface area contributed by atoms with Crippen molar-refractivity contribution in [2.24, 2.45) is 0 Å². The summed E-state index contributed by atoms with van der Waals surface area (Å²) in [6.45, 7) is 0.791. The van der Waals surface area contributed by atoms with Gasteiger partial charge in [-0.05, 0) is 25.1 Å². The molecule has 0 aliphatic carbocycles. The minimum atomic E-state index is -0.767. The van der Waals surface area contributed by atoms with Crippen molar-refractivity contribution in [3.63, 3.8) is 0 Å². The number of carbonyl (C=O) groups is 4. The van der Waals surface area contributed by atoms with E-state index in [1.54, 1.807) is 19.1 Å². The first-order valence-corrected chi connectivity index (χ1v) is 8.93. The largest absolute Gasteiger partial charge is 0.456 e. The lowest BCUT2D eigenvalue weighted by Crippen LogP contribution is -2.32. The summed E-state index contributed by atoms with van der Waals surface area (Å²) in [7, 11) is 0. The molecule has 0 radical (unpaired) electrons. The third kappa shape index (κ3) is 4.32. The molecule has 0 unspecified atom stereocenters. The number of esters is 1. The summed E-state index contributed by atoms with van der Waals surface area (Å²) >= 11 is 0. The molecule has 10 nitrogen and oxygen atoms in total. The number of hydrogen-bond acceptors (Lipinski definition) is 7. The zero-order chi connectivity index (χ0) is 21.8. The molecule has 0 aromatic heterocycles. The number of nitro groups is 1. The Morgan fingerprint density at radius 2 is 1.73 bits per heavy atom. The predicted molar refractivity (Wildman–Crippen MR) is 104 cm³/mol. The molecule has 1 aliphatic rings. The molecule has 1 aliphatic heterocycles. The summed E-state index contributed by atoms with van der Waals surface area (Å²) in [6, 6.07) is 10.5. The first-order valence-electron chi connectivity index (χ1n) is 8.93. The maximum Gasteiger partial charge on any atom is 0.308 e. The van der Waals surface area contributed by atoms with Gasteiger partial charge >= 0.3 is 5.97 Å². The van der Waals surface area contributed by atoms with Gasteiger partial charge in [0.1, 0.15) is 0 Å². The molecule has 3 amide bonds. The van der Waals surface area contributed by atoms with Gasteiger partial charge < -0.3 is 10.1 Å². The molecular formula is C20H17N3O7. The molecular weight excluding hydrogens is 394 g/mol. The van der Waals surface area contributed by atoms with E-state index in [2.05, 4.69) is 5.32 Å². The van der Waals surface area contributed by atoms with Crippen molar-refractivity contribution in [2.75, 3.05) is 18.5 Å². The van der Waals surface area contributed by atoms with Crippen molar-refractivity contribution in [1.29, 1.82) is 0 Å². The number of amides is 3. The Kier molecular flexibility index (Phi) is 5.86. The highest BCUT2D eigenvalue weighted by Gasteiger charge is 2.35. The maximum absolute atomic E-state index is 12.2. The van der Waals surface area contributed by atoms with E-state index >= 15 is 0 Å². The van der Waals surface area contributed by atoms with E-state index in [4.69, 9.17) is 4.74 Å². The summed E-state index contributed by atoms with van der Waals surface area (Å²) in [5.41, 5.74) is 1.05. The standard InChI is InChI=1S/C20H17N3O7/c1-12-6-7-13(10-16(12)23(28)29)21-17(24)11-30-18(25)8-9-22-19(26)14-4-2-3-5-15(14)20(22)27/h2-7,10H,8-9,11H2,1H3,(H,21,24). The molecule has 0 fully saturated rings. The molecule has 2 aromatic rings. The van der Waals surface area contributed by atoms with Gasteiger partial charge in [0.25, 0.3) is 23.4 Å². The molecule has 30 heavy (non-hydrogen) atoms. The van der Waals surface area contributed by atoms with Crippen LogP contribution in [0.1, 0.15) is 32.7 Å². The third-order valence-electron chi connectivity index (χ3n) is 4.47. The van der Waals surface area contributed by atoms with Crippen LogP contribution in [0.5, 0.6) is 0 Å². The van der Waals surface area contributed by atoms with Crippen LogP contribution in [0.2, 0.25) is 0 Å². The molecule has 0 saturated carbocycles. The van der Waals surface area contributed by atoms with Crippen molar-refractivity contribution >= 4 is 35.1 Å². The molecule has 0 bridgehead atoms. The van der Waals surface area contributed by atoms with Gasteiger partial charge in [-0.15, -0.1) is 0 Å². The van der Waals surface area contributed by atoms with E-state index in [0.717, 1.165) is 4.90 Å². The smallest absolute Gasteiger partial charge is 0.308 e. The Labute approximate surface area is 170 Å². The molecule has 1 heterocycles. The number of carbonyl (C=O) groups excluding carboxylic acids is 4. The van der Waals surface area contributed by atoms with Crippen LogP contribution < -0.4 is 5.32 Å². The molecule has 0 saturated heterocycles. The minimum Gasteiger partial charge on any atom is -0.456 e. The zero-order valence-corrected chi connectivity index (χ0v) is 15.9. The number of benzene rings is 2. The number of nitro benzene ring substituents is 1. The van der Waals surface area contributed by atoms with Gasteiger partial charge in [-0.2, -0.15) is 0 Å². The SMILES string of the molecule is Cc1ccc(NC(=O)COC(=O)CCN2C(=O)c3ccccc3C2=O)cc1[N+](=O)[O-]. The molecule has 3 rings (SSSR count). The van der Waals surface area contributed by atoms with Crippen molar-refractivity contribution < 1.29 is 28.8 Å². The Balaban J connectivity index is 1.48. The second kappa shape index (κ2) is 8.52. The quantitative estimate of drug-likeness (QED) is 0.319. The fourth-order valence-electron chi connectivity index (χ4n) is 2.94. The van der Waals surface area contributed by atoms with Crippen LogP contribution in [0.25, 0.3) is 0 Å². The van der Waals surface area contributed by atoms with E-state index < -0.39 is 35.2 Å². The van der Waals surface area contributed by atoms with Crippen LogP contribution in [-0.2, 0) is 14.3 Å². The second-order valence-electron chi connectivity index (χ2n) is 6.52. The van der Waals surface area contributed by atoms with Gasteiger partial charge in [-0.3, -0.25) is 34.2 Å². The highest BCUT2D eigenvalue weighted by Crippen LogP contribution is 2.23. The summed E-state index contributed by atoms with van der Waals surface area (Å²) in [6.07, 6.45) is -0.269. The number of imide groups is 1. The minimum absolute atomic E-state index is 0.147. The Morgan fingerprint density at radius 3 is 2.33 bits per heavy atom. The summed E-state index contributed by atoms with van der Waals surface area (Å²) in [5.74, 6) is -2.41. The number of anilines is 1. The Morgan fingerprint density at radius 1 is 1.10 bits per heavy atom. The first kappa shape index (κ1) is 20.6. The average molecular weight is 411 g/mol. The number of rotatable bonds is 7. The Bertz CT molecular complexity index is 1030. The second-order valence-corrected chi connectivity index (χ2v) is 6.52. The number of fused-ring (bicyclic) bond motifs is 1. The zero-order valence-electron chi connectivity index (χ0n) is 15.9. The van der Waals surface area contributed by atoms with Crippen LogP contribution in [-0.4, -0.2) is 46.7 Å². The average Bonchev–Trinajstić information content (AvgIpc) is 2.96. The van der Waals surface area contributed by atoms with Crippen LogP contribution in [0.4, 0.5) is 11.4 Å². The monoisotopic (exact) mass is 411 g/mol. The topological polar surface area (TPSA) is 136 Å². The molecule has 2 aromatic carbocycles. The highest BCUT2D eigenvalue weighted by molar-refractivity contribution is 6.21. The van der Waals surface area contributed by atoms with Gasteiger partial charge in [-0.1, -0.05) is 18.2 Å². The van der Waals surface area contributed by atoms with E-state index in [0.29, 0.717) is 5.56 Å². The van der Waals surface area contributed by atoms with Gasteiger partial charge in [0.15, 0.2) is 6.61 Å². The lowest BCUT2D eigenvalue weighted by Gasteiger charge is -2.13. The molecule has 154 valence electrons. The number of nitrogens with one attached hydrogen (secondary N) is 1. The van der Waals surface area contributed by atoms with Crippen molar-refractivity contribution in [1.82, 2.24) is 4.90 Å². The maximum atomic E-state index is 12.2. The van der Waals surface area contributed by atoms with E-state index in [-0.39, 0.29) is 35.5 Å². The normalized spacial score (nSPS) is 12.5. The van der Waals surface area contributed by atoms with Gasteiger partial charge in [0, 0.05) is 23.9 Å². The van der Waals surface area contributed by atoms with E-state index in [9.17, 15) is 29.3 Å². The van der Waals surface area contributed by atoms with E-state index in [1.165, 1.54) is 30.3 Å². The third-order valence-corrected chi connectivity index (χ3v) is 4.47. The van der Waals surface area contributed by atoms with Crippen LogP contribution in [0.3, 0.4) is 0 Å². The van der Waals surface area contributed by atoms with Gasteiger partial charge in [0.05, 0.1) is 22.5 Å². The summed E-state index contributed by atoms with van der Waals surface area (Å²) < 4.78 is 4.85. The molecule has 10 heteroatoms. The lowest BCUT2D eigenvalue weighted by molar-refractivity contribution is -0.385. The number of ether oxygens (including phenoxy) is 1.